The number of ether oxygens (including phenoxy) is 1. The molecule has 1 atom stereocenters. The van der Waals surface area contributed by atoms with Crippen molar-refractivity contribution < 1.29 is 13.9 Å². The van der Waals surface area contributed by atoms with Gasteiger partial charge < -0.3 is 10.1 Å². The number of nitrogens with one attached hydrogen (secondary N) is 1. The van der Waals surface area contributed by atoms with Crippen molar-refractivity contribution in [1.29, 1.82) is 0 Å². The van der Waals surface area contributed by atoms with Crippen LogP contribution in [0.2, 0.25) is 5.02 Å². The molecule has 1 N–H and O–H groups in total. The van der Waals surface area contributed by atoms with Crippen LogP contribution in [0.5, 0.6) is 5.75 Å². The molecule has 1 unspecified atom stereocenters. The molecular weight excluding hydrogens is 463 g/mol. The quantitative estimate of drug-likeness (QED) is 0.323. The summed E-state index contributed by atoms with van der Waals surface area (Å²) >= 11 is 7.41. The molecule has 0 aliphatic carbocycles. The van der Waals surface area contributed by atoms with Gasteiger partial charge in [-0.05, 0) is 43.3 Å². The highest BCUT2D eigenvalue weighted by Crippen LogP contribution is 2.28. The number of benzene rings is 3. The highest BCUT2D eigenvalue weighted by molar-refractivity contribution is 8.00. The van der Waals surface area contributed by atoms with Crippen LogP contribution in [0.1, 0.15) is 12.7 Å². The van der Waals surface area contributed by atoms with E-state index in [4.69, 9.17) is 16.3 Å². The van der Waals surface area contributed by atoms with E-state index in [9.17, 15) is 9.18 Å². The summed E-state index contributed by atoms with van der Waals surface area (Å²) in [7, 11) is 0. The van der Waals surface area contributed by atoms with Gasteiger partial charge in [0.25, 0.3) is 0 Å². The predicted molar refractivity (Wildman–Crippen MR) is 127 cm³/mol. The number of amides is 1. The molecule has 3 aromatic carbocycles. The second kappa shape index (κ2) is 10.5. The molecule has 0 aliphatic rings. The van der Waals surface area contributed by atoms with Gasteiger partial charge in [0.15, 0.2) is 11.0 Å². The Morgan fingerprint density at radius 2 is 1.76 bits per heavy atom. The van der Waals surface area contributed by atoms with E-state index in [1.807, 2.05) is 47.0 Å². The SMILES string of the molecule is CC(Sc1nnc(COc2ccccc2Cl)n1-c1ccccc1)C(=O)Nc1ccccc1F. The number of nitrogens with zero attached hydrogens (tertiary/aromatic N) is 3. The van der Waals surface area contributed by atoms with E-state index in [-0.39, 0.29) is 18.2 Å². The predicted octanol–water partition coefficient (Wildman–Crippen LogP) is 5.76. The molecule has 0 saturated carbocycles. The maximum absolute atomic E-state index is 13.9. The van der Waals surface area contributed by atoms with E-state index in [2.05, 4.69) is 15.5 Å². The number of rotatable bonds is 8. The third-order valence-corrected chi connectivity index (χ3v) is 6.05. The van der Waals surface area contributed by atoms with Crippen LogP contribution < -0.4 is 10.1 Å². The highest BCUT2D eigenvalue weighted by atomic mass is 35.5. The number of aromatic nitrogens is 3. The molecule has 0 fully saturated rings. The van der Waals surface area contributed by atoms with E-state index >= 15 is 0 Å². The van der Waals surface area contributed by atoms with E-state index in [0.717, 1.165) is 5.69 Å². The van der Waals surface area contributed by atoms with Crippen molar-refractivity contribution in [1.82, 2.24) is 14.8 Å². The largest absolute Gasteiger partial charge is 0.484 e. The van der Waals surface area contributed by atoms with Crippen molar-refractivity contribution >= 4 is 35.0 Å². The molecular formula is C24H20ClFN4O2S. The molecule has 0 saturated heterocycles. The van der Waals surface area contributed by atoms with Crippen molar-refractivity contribution in [3.8, 4) is 11.4 Å². The molecule has 4 rings (SSSR count). The van der Waals surface area contributed by atoms with Gasteiger partial charge in [-0.3, -0.25) is 9.36 Å². The number of anilines is 1. The maximum Gasteiger partial charge on any atom is 0.237 e. The number of para-hydroxylation sites is 3. The van der Waals surface area contributed by atoms with Gasteiger partial charge >= 0.3 is 0 Å². The van der Waals surface area contributed by atoms with E-state index in [0.29, 0.717) is 21.8 Å². The van der Waals surface area contributed by atoms with Gasteiger partial charge in [0.1, 0.15) is 18.2 Å². The average molecular weight is 483 g/mol. The monoisotopic (exact) mass is 482 g/mol. The normalized spacial score (nSPS) is 11.7. The highest BCUT2D eigenvalue weighted by Gasteiger charge is 2.22. The summed E-state index contributed by atoms with van der Waals surface area (Å²) in [5.74, 6) is 0.245. The first-order chi connectivity index (χ1) is 16.0. The van der Waals surface area contributed by atoms with Crippen LogP contribution in [0.4, 0.5) is 10.1 Å². The van der Waals surface area contributed by atoms with Crippen molar-refractivity contribution in [3.63, 3.8) is 0 Å². The van der Waals surface area contributed by atoms with Crippen LogP contribution in [0.25, 0.3) is 5.69 Å². The Bertz CT molecular complexity index is 1250. The molecule has 0 bridgehead atoms. The summed E-state index contributed by atoms with van der Waals surface area (Å²) in [6, 6.07) is 22.7. The minimum absolute atomic E-state index is 0.127. The summed E-state index contributed by atoms with van der Waals surface area (Å²) in [6.45, 7) is 1.85. The zero-order valence-corrected chi connectivity index (χ0v) is 19.2. The van der Waals surface area contributed by atoms with Crippen LogP contribution in [0.3, 0.4) is 0 Å². The molecule has 0 aliphatic heterocycles. The molecule has 9 heteroatoms. The summed E-state index contributed by atoms with van der Waals surface area (Å²) in [5.41, 5.74) is 0.956. The first kappa shape index (κ1) is 22.8. The third-order valence-electron chi connectivity index (χ3n) is 4.69. The van der Waals surface area contributed by atoms with E-state index in [1.165, 1.54) is 23.9 Å². The molecule has 4 aromatic rings. The van der Waals surface area contributed by atoms with Gasteiger partial charge in [0.2, 0.25) is 5.91 Å². The molecule has 168 valence electrons. The number of carbonyl (C=O) groups is 1. The Hall–Kier alpha value is -3.36. The summed E-state index contributed by atoms with van der Waals surface area (Å²) in [5, 5.41) is 11.6. The van der Waals surface area contributed by atoms with Gasteiger partial charge in [-0.15, -0.1) is 10.2 Å². The van der Waals surface area contributed by atoms with Crippen molar-refractivity contribution in [2.24, 2.45) is 0 Å². The molecule has 0 spiro atoms. The van der Waals surface area contributed by atoms with E-state index < -0.39 is 11.1 Å². The second-order valence-electron chi connectivity index (χ2n) is 7.02. The number of carbonyl (C=O) groups excluding carboxylic acids is 1. The summed E-state index contributed by atoms with van der Waals surface area (Å²) in [6.07, 6.45) is 0. The Labute approximate surface area is 199 Å². The maximum atomic E-state index is 13.9. The lowest BCUT2D eigenvalue weighted by Gasteiger charge is -2.14. The van der Waals surface area contributed by atoms with E-state index in [1.54, 1.807) is 31.2 Å². The number of hydrogen-bond acceptors (Lipinski definition) is 5. The Morgan fingerprint density at radius 3 is 2.52 bits per heavy atom. The fraction of sp³-hybridized carbons (Fsp3) is 0.125. The lowest BCUT2D eigenvalue weighted by molar-refractivity contribution is -0.115. The lowest BCUT2D eigenvalue weighted by atomic mass is 10.3. The third kappa shape index (κ3) is 5.53. The van der Waals surface area contributed by atoms with Crippen molar-refractivity contribution in [2.75, 3.05) is 5.32 Å². The minimum atomic E-state index is -0.561. The molecule has 1 amide bonds. The fourth-order valence-corrected chi connectivity index (χ4v) is 4.10. The standard InChI is InChI=1S/C24H20ClFN4O2S/c1-16(23(31)27-20-13-7-6-12-19(20)26)33-24-29-28-22(30(24)17-9-3-2-4-10-17)15-32-21-14-8-5-11-18(21)25/h2-14,16H,15H2,1H3,(H,27,31). The van der Waals surface area contributed by atoms with Crippen LogP contribution in [-0.4, -0.2) is 25.9 Å². The number of thioether (sulfide) groups is 1. The van der Waals surface area contributed by atoms with Gasteiger partial charge in [-0.2, -0.15) is 0 Å². The first-order valence-corrected chi connectivity index (χ1v) is 11.4. The molecule has 0 radical (unpaired) electrons. The van der Waals surface area contributed by atoms with Crippen molar-refractivity contribution in [2.45, 2.75) is 23.9 Å². The molecule has 33 heavy (non-hydrogen) atoms. The fourth-order valence-electron chi connectivity index (χ4n) is 3.02. The van der Waals surface area contributed by atoms with Crippen LogP contribution in [0, 0.1) is 5.82 Å². The van der Waals surface area contributed by atoms with Gasteiger partial charge in [0, 0.05) is 5.69 Å². The smallest absolute Gasteiger partial charge is 0.237 e. The Balaban J connectivity index is 1.55. The number of halogens is 2. The summed E-state index contributed by atoms with van der Waals surface area (Å²) in [4.78, 5) is 12.7. The first-order valence-electron chi connectivity index (χ1n) is 10.1. The molecule has 6 nitrogen and oxygen atoms in total. The summed E-state index contributed by atoms with van der Waals surface area (Å²) < 4.78 is 21.6. The van der Waals surface area contributed by atoms with Crippen LogP contribution in [0.15, 0.2) is 84.0 Å². The lowest BCUT2D eigenvalue weighted by Crippen LogP contribution is -2.23. The molecule has 1 aromatic heterocycles. The topological polar surface area (TPSA) is 69.0 Å². The Kier molecular flexibility index (Phi) is 7.26. The van der Waals surface area contributed by atoms with Gasteiger partial charge in [0.05, 0.1) is 16.0 Å². The zero-order valence-electron chi connectivity index (χ0n) is 17.6. The average Bonchev–Trinajstić information content (AvgIpc) is 3.22. The van der Waals surface area contributed by atoms with Gasteiger partial charge in [-0.25, -0.2) is 4.39 Å². The molecule has 1 heterocycles. The minimum Gasteiger partial charge on any atom is -0.484 e. The van der Waals surface area contributed by atoms with Crippen LogP contribution >= 0.6 is 23.4 Å². The second-order valence-corrected chi connectivity index (χ2v) is 8.73. The van der Waals surface area contributed by atoms with Crippen molar-refractivity contribution in [3.05, 3.63) is 95.5 Å². The Morgan fingerprint density at radius 1 is 1.06 bits per heavy atom. The zero-order chi connectivity index (χ0) is 23.2. The van der Waals surface area contributed by atoms with Gasteiger partial charge in [-0.1, -0.05) is 65.8 Å². The van der Waals surface area contributed by atoms with Crippen LogP contribution in [-0.2, 0) is 11.4 Å². The number of hydrogen-bond donors (Lipinski definition) is 1.